The maximum atomic E-state index is 12.2. The molecule has 16 heavy (non-hydrogen) atoms. The van der Waals surface area contributed by atoms with Gasteiger partial charge in [-0.05, 0) is 18.6 Å². The van der Waals surface area contributed by atoms with Gasteiger partial charge in [0.2, 0.25) is 0 Å². The predicted octanol–water partition coefficient (Wildman–Crippen LogP) is 1.63. The summed E-state index contributed by atoms with van der Waals surface area (Å²) in [5.74, 6) is 0. The third kappa shape index (κ3) is 2.82. The molecule has 0 atom stereocenters. The molecule has 1 aromatic rings. The Morgan fingerprint density at radius 2 is 2.06 bits per heavy atom. The lowest BCUT2D eigenvalue weighted by molar-refractivity contribution is 0.428. The van der Waals surface area contributed by atoms with E-state index in [1.165, 1.54) is 15.6 Å². The lowest BCUT2D eigenvalue weighted by Gasteiger charge is -2.18. The highest BCUT2D eigenvalue weighted by Gasteiger charge is 2.23. The summed E-state index contributed by atoms with van der Waals surface area (Å²) < 4.78 is 26.2. The van der Waals surface area contributed by atoms with Crippen molar-refractivity contribution in [3.63, 3.8) is 0 Å². The van der Waals surface area contributed by atoms with Gasteiger partial charge in [-0.15, -0.1) is 11.3 Å². The quantitative estimate of drug-likeness (QED) is 0.847. The molecule has 0 aliphatic heterocycles. The molecular weight excluding hydrogens is 244 g/mol. The van der Waals surface area contributed by atoms with E-state index in [4.69, 9.17) is 5.73 Å². The molecule has 0 aliphatic rings. The predicted molar refractivity (Wildman–Crippen MR) is 66.9 cm³/mol. The van der Waals surface area contributed by atoms with Crippen LogP contribution in [-0.2, 0) is 16.6 Å². The minimum atomic E-state index is -3.31. The largest absolute Gasteiger partial charge is 0.326 e. The Balaban J connectivity index is 2.99. The van der Waals surface area contributed by atoms with Crippen LogP contribution in [0.2, 0.25) is 0 Å². The van der Waals surface area contributed by atoms with Gasteiger partial charge in [-0.3, -0.25) is 0 Å². The van der Waals surface area contributed by atoms with Gasteiger partial charge in [-0.1, -0.05) is 13.8 Å². The fourth-order valence-electron chi connectivity index (χ4n) is 1.43. The van der Waals surface area contributed by atoms with Crippen molar-refractivity contribution in [1.29, 1.82) is 0 Å². The van der Waals surface area contributed by atoms with Crippen LogP contribution in [0.15, 0.2) is 16.3 Å². The standard InChI is InChI=1S/C10H18N2O2S2/c1-3-7-12(4-2)16(13,14)10-6-5-9(8-11)15-10/h5-6H,3-4,7-8,11H2,1-2H3. The van der Waals surface area contributed by atoms with E-state index in [1.807, 2.05) is 13.8 Å². The third-order valence-electron chi connectivity index (χ3n) is 2.26. The minimum Gasteiger partial charge on any atom is -0.326 e. The van der Waals surface area contributed by atoms with E-state index in [2.05, 4.69) is 0 Å². The number of nitrogens with zero attached hydrogens (tertiary/aromatic N) is 1. The van der Waals surface area contributed by atoms with Crippen LogP contribution >= 0.6 is 11.3 Å². The van der Waals surface area contributed by atoms with Crippen molar-refractivity contribution in [2.45, 2.75) is 31.0 Å². The second-order valence-corrected chi connectivity index (χ2v) is 6.75. The summed E-state index contributed by atoms with van der Waals surface area (Å²) in [5.41, 5.74) is 5.48. The Hall–Kier alpha value is -0.430. The summed E-state index contributed by atoms with van der Waals surface area (Å²) in [6.45, 7) is 5.28. The van der Waals surface area contributed by atoms with Crippen LogP contribution in [-0.4, -0.2) is 25.8 Å². The van der Waals surface area contributed by atoms with Crippen LogP contribution in [0.5, 0.6) is 0 Å². The smallest absolute Gasteiger partial charge is 0.252 e. The molecule has 6 heteroatoms. The molecule has 0 amide bonds. The molecule has 2 N–H and O–H groups in total. The molecule has 0 unspecified atom stereocenters. The Kier molecular flexibility index (Phi) is 4.91. The minimum absolute atomic E-state index is 0.389. The average Bonchev–Trinajstić information content (AvgIpc) is 2.74. The Morgan fingerprint density at radius 3 is 2.50 bits per heavy atom. The lowest BCUT2D eigenvalue weighted by Crippen LogP contribution is -2.31. The van der Waals surface area contributed by atoms with Crippen LogP contribution in [0.1, 0.15) is 25.1 Å². The first kappa shape index (κ1) is 13.6. The number of nitrogens with two attached hydrogens (primary N) is 1. The van der Waals surface area contributed by atoms with E-state index in [0.29, 0.717) is 23.8 Å². The highest BCUT2D eigenvalue weighted by atomic mass is 32.2. The number of hydrogen-bond acceptors (Lipinski definition) is 4. The van der Waals surface area contributed by atoms with E-state index in [-0.39, 0.29) is 0 Å². The molecule has 1 heterocycles. The number of rotatable bonds is 6. The summed E-state index contributed by atoms with van der Waals surface area (Å²) in [7, 11) is -3.31. The molecule has 0 saturated heterocycles. The van der Waals surface area contributed by atoms with Gasteiger partial charge in [0.1, 0.15) is 4.21 Å². The normalized spacial score (nSPS) is 12.2. The van der Waals surface area contributed by atoms with E-state index in [0.717, 1.165) is 11.3 Å². The molecule has 0 radical (unpaired) electrons. The summed E-state index contributed by atoms with van der Waals surface area (Å²) in [6, 6.07) is 3.41. The molecule has 0 aromatic carbocycles. The first-order chi connectivity index (χ1) is 7.56. The molecule has 0 fully saturated rings. The van der Waals surface area contributed by atoms with E-state index >= 15 is 0 Å². The van der Waals surface area contributed by atoms with Gasteiger partial charge in [0.15, 0.2) is 0 Å². The number of thiophene rings is 1. The zero-order valence-corrected chi connectivity index (χ0v) is 11.3. The van der Waals surface area contributed by atoms with E-state index < -0.39 is 10.0 Å². The second kappa shape index (κ2) is 5.77. The van der Waals surface area contributed by atoms with E-state index in [1.54, 1.807) is 12.1 Å². The molecule has 0 bridgehead atoms. The highest BCUT2D eigenvalue weighted by Crippen LogP contribution is 2.24. The molecule has 1 aromatic heterocycles. The molecular formula is C10H18N2O2S2. The van der Waals surface area contributed by atoms with Crippen molar-refractivity contribution in [1.82, 2.24) is 4.31 Å². The van der Waals surface area contributed by atoms with Crippen molar-refractivity contribution in [3.05, 3.63) is 17.0 Å². The maximum Gasteiger partial charge on any atom is 0.252 e. The van der Waals surface area contributed by atoms with Gasteiger partial charge in [-0.2, -0.15) is 4.31 Å². The fourth-order valence-corrected chi connectivity index (χ4v) is 4.36. The zero-order chi connectivity index (χ0) is 12.2. The molecule has 0 aliphatic carbocycles. The fraction of sp³-hybridized carbons (Fsp3) is 0.600. The van der Waals surface area contributed by atoms with Crippen LogP contribution in [0.3, 0.4) is 0 Å². The van der Waals surface area contributed by atoms with Gasteiger partial charge >= 0.3 is 0 Å². The average molecular weight is 262 g/mol. The summed E-state index contributed by atoms with van der Waals surface area (Å²) in [6.07, 6.45) is 0.822. The van der Waals surface area contributed by atoms with Crippen LogP contribution < -0.4 is 5.73 Å². The number of sulfonamides is 1. The van der Waals surface area contributed by atoms with Gasteiger partial charge < -0.3 is 5.73 Å². The van der Waals surface area contributed by atoms with Crippen LogP contribution in [0, 0.1) is 0 Å². The third-order valence-corrected chi connectivity index (χ3v) is 5.81. The monoisotopic (exact) mass is 262 g/mol. The van der Waals surface area contributed by atoms with Crippen molar-refractivity contribution in [2.75, 3.05) is 13.1 Å². The molecule has 0 saturated carbocycles. The Bertz CT molecular complexity index is 426. The molecule has 0 spiro atoms. The zero-order valence-electron chi connectivity index (χ0n) is 9.64. The summed E-state index contributed by atoms with van der Waals surface area (Å²) in [5, 5.41) is 0. The van der Waals surface area contributed by atoms with Crippen molar-refractivity contribution in [3.8, 4) is 0 Å². The number of hydrogen-bond donors (Lipinski definition) is 1. The first-order valence-corrected chi connectivity index (χ1v) is 7.60. The van der Waals surface area contributed by atoms with Crippen molar-refractivity contribution >= 4 is 21.4 Å². The Labute approximate surface area is 101 Å². The second-order valence-electron chi connectivity index (χ2n) is 3.42. The topological polar surface area (TPSA) is 63.4 Å². The summed E-state index contributed by atoms with van der Waals surface area (Å²) >= 11 is 1.25. The lowest BCUT2D eigenvalue weighted by atomic mass is 10.5. The van der Waals surface area contributed by atoms with Crippen molar-refractivity contribution < 1.29 is 8.42 Å². The molecule has 1 rings (SSSR count). The molecule has 92 valence electrons. The SMILES string of the molecule is CCCN(CC)S(=O)(=O)c1ccc(CN)s1. The van der Waals surface area contributed by atoms with Gasteiger partial charge in [0.25, 0.3) is 10.0 Å². The Morgan fingerprint density at radius 1 is 1.38 bits per heavy atom. The summed E-state index contributed by atoms with van der Waals surface area (Å²) in [4.78, 5) is 0.895. The van der Waals surface area contributed by atoms with E-state index in [9.17, 15) is 8.42 Å². The van der Waals surface area contributed by atoms with Crippen LogP contribution in [0.4, 0.5) is 0 Å². The molecule has 4 nitrogen and oxygen atoms in total. The van der Waals surface area contributed by atoms with Crippen molar-refractivity contribution in [2.24, 2.45) is 5.73 Å². The van der Waals surface area contributed by atoms with Gasteiger partial charge in [0, 0.05) is 24.5 Å². The van der Waals surface area contributed by atoms with Crippen LogP contribution in [0.25, 0.3) is 0 Å². The van der Waals surface area contributed by atoms with Gasteiger partial charge in [-0.25, -0.2) is 8.42 Å². The first-order valence-electron chi connectivity index (χ1n) is 5.35. The maximum absolute atomic E-state index is 12.2. The highest BCUT2D eigenvalue weighted by molar-refractivity contribution is 7.91. The van der Waals surface area contributed by atoms with Gasteiger partial charge in [0.05, 0.1) is 0 Å².